The number of hydrogen-bond acceptors (Lipinski definition) is 6. The first kappa shape index (κ1) is 24.7. The van der Waals surface area contributed by atoms with Gasteiger partial charge in [0.15, 0.2) is 23.0 Å². The van der Waals surface area contributed by atoms with Crippen molar-refractivity contribution in [3.8, 4) is 23.0 Å². The second-order valence-corrected chi connectivity index (χ2v) is 14.5. The lowest BCUT2D eigenvalue weighted by Gasteiger charge is -2.35. The fraction of sp³-hybridized carbons (Fsp3) is 0. The highest BCUT2D eigenvalue weighted by atomic mass is 31.3. The molecule has 1 saturated heterocycles. The maximum atomic E-state index is 8.96. The van der Waals surface area contributed by atoms with E-state index in [-0.39, 0.29) is 0 Å². The van der Waals surface area contributed by atoms with Gasteiger partial charge in [-0.15, -0.1) is 0 Å². The minimum atomic E-state index is -3.38. The Morgan fingerprint density at radius 3 is 1.00 bits per heavy atom. The molecule has 6 N–H and O–H groups in total. The Morgan fingerprint density at radius 1 is 0.500 bits per heavy atom. The first-order valence-electron chi connectivity index (χ1n) is 11.0. The van der Waals surface area contributed by atoms with Crippen molar-refractivity contribution in [2.75, 3.05) is 0 Å². The van der Waals surface area contributed by atoms with E-state index in [1.54, 1.807) is 48.5 Å². The van der Waals surface area contributed by atoms with Crippen molar-refractivity contribution in [3.63, 3.8) is 0 Å². The molecule has 5 rings (SSSR count). The molecule has 0 aliphatic carbocycles. The Hall–Kier alpha value is -2.99. The van der Waals surface area contributed by atoms with Gasteiger partial charge in [-0.1, -0.05) is 72.8 Å². The second-order valence-electron chi connectivity index (χ2n) is 7.74. The Kier molecular flexibility index (Phi) is 7.24. The Balaban J connectivity index is 1.60. The van der Waals surface area contributed by atoms with Gasteiger partial charge in [-0.3, -0.25) is 28.8 Å². The number of nitrogens with two attached hydrogens (primary N) is 1. The number of hydrogen-bond donors (Lipinski definition) is 5. The molecule has 0 saturated carbocycles. The lowest BCUT2D eigenvalue weighted by Crippen LogP contribution is -2.49. The molecule has 1 aliphatic rings. The third-order valence-electron chi connectivity index (χ3n) is 4.75. The van der Waals surface area contributed by atoms with Crippen LogP contribution >= 0.6 is 23.5 Å². The number of para-hydroxylation sites is 4. The molecule has 0 aromatic heterocycles. The molecule has 0 spiro atoms. The first-order valence-corrected chi connectivity index (χ1v) is 16.1. The van der Waals surface area contributed by atoms with Crippen LogP contribution in [0.3, 0.4) is 0 Å². The van der Waals surface area contributed by atoms with Crippen LogP contribution in [0.25, 0.3) is 0 Å². The highest BCUT2D eigenvalue weighted by Gasteiger charge is 2.72. The van der Waals surface area contributed by atoms with Gasteiger partial charge in [0.2, 0.25) is 7.51 Å². The average Bonchev–Trinajstić information content (AvgIpc) is 2.85. The van der Waals surface area contributed by atoms with Gasteiger partial charge < -0.3 is 0 Å². The summed E-state index contributed by atoms with van der Waals surface area (Å²) < 4.78 is 25.7. The normalized spacial score (nSPS) is 17.5. The molecule has 4 aromatic carbocycles. The van der Waals surface area contributed by atoms with E-state index in [1.807, 2.05) is 72.8 Å². The fourth-order valence-corrected chi connectivity index (χ4v) is 12.9. The van der Waals surface area contributed by atoms with Crippen LogP contribution in [0.1, 0.15) is 0 Å². The first-order chi connectivity index (χ1) is 17.4. The second kappa shape index (κ2) is 10.6. The molecule has 9 nitrogen and oxygen atoms in total. The van der Waals surface area contributed by atoms with Crippen LogP contribution < -0.4 is 38.2 Å². The van der Waals surface area contributed by atoms with Crippen LogP contribution in [0.5, 0.6) is 23.0 Å². The van der Waals surface area contributed by atoms with Crippen LogP contribution in [-0.2, 0) is 0 Å². The van der Waals surface area contributed by atoms with Crippen LogP contribution in [0.15, 0.2) is 121 Å². The lowest BCUT2D eigenvalue weighted by molar-refractivity contribution is 0.415. The Labute approximate surface area is 211 Å². The van der Waals surface area contributed by atoms with E-state index in [9.17, 15) is 0 Å². The van der Waals surface area contributed by atoms with Crippen molar-refractivity contribution in [3.05, 3.63) is 121 Å². The monoisotopic (exact) mass is 541 g/mol. The summed E-state index contributed by atoms with van der Waals surface area (Å²) in [5.41, 5.74) is 6.49. The Morgan fingerprint density at radius 2 is 0.750 bits per heavy atom. The quantitative estimate of drug-likeness (QED) is 0.152. The van der Waals surface area contributed by atoms with Crippen molar-refractivity contribution >= 4 is 23.5 Å². The maximum Gasteiger partial charge on any atom is 0.566 e. The van der Waals surface area contributed by atoms with Crippen molar-refractivity contribution in [1.82, 2.24) is 14.6 Å². The van der Waals surface area contributed by atoms with Gasteiger partial charge in [-0.25, -0.2) is 0 Å². The molecule has 1 heterocycles. The summed E-state index contributed by atoms with van der Waals surface area (Å²) in [7, 11) is -10.1. The lowest BCUT2D eigenvalue weighted by atomic mass is 10.3. The van der Waals surface area contributed by atoms with Crippen molar-refractivity contribution in [1.29, 1.82) is 5.16 Å². The van der Waals surface area contributed by atoms with Crippen LogP contribution in [0.2, 0.25) is 0 Å². The zero-order chi connectivity index (χ0) is 24.9. The Bertz CT molecular complexity index is 1140. The minimum Gasteiger partial charge on any atom is -0.272 e. The summed E-state index contributed by atoms with van der Waals surface area (Å²) in [4.78, 5) is 9.56. The van der Waals surface area contributed by atoms with Gasteiger partial charge in [0.25, 0.3) is 0 Å². The van der Waals surface area contributed by atoms with Gasteiger partial charge in [0.1, 0.15) is 4.86 Å². The van der Waals surface area contributed by atoms with Crippen LogP contribution in [0, 0.1) is 5.16 Å². The molecular weight excluding hydrogens is 515 g/mol. The van der Waals surface area contributed by atoms with Crippen LogP contribution in [-0.4, -0.2) is 0 Å². The van der Waals surface area contributed by atoms with Crippen molar-refractivity contribution in [2.24, 2.45) is 5.50 Å². The largest absolute Gasteiger partial charge is 0.566 e. The van der Waals surface area contributed by atoms with E-state index >= 15 is 0 Å². The van der Waals surface area contributed by atoms with Crippen molar-refractivity contribution in [2.45, 2.75) is 0 Å². The molecule has 36 heavy (non-hydrogen) atoms. The third kappa shape index (κ3) is 6.22. The molecule has 1 fully saturated rings. The number of rotatable bonds is 8. The standard InChI is InChI=1S/C24H26N5O4P3/c25-34(26)27-35(30-21-13-5-1-6-14-21,31-22-15-7-2-8-16-22)29-36(28-34,32-23-17-9-3-10-18-23)33-24-19-11-4-12-20-24/h1-20,29H,(H5,25,26,27,28)/q+2. The smallest absolute Gasteiger partial charge is 0.272 e. The minimum absolute atomic E-state index is 0.529. The average molecular weight is 541 g/mol. The molecule has 0 radical (unpaired) electrons. The van der Waals surface area contributed by atoms with E-state index in [0.29, 0.717) is 23.0 Å². The molecule has 1 aliphatic heterocycles. The summed E-state index contributed by atoms with van der Waals surface area (Å²) in [5, 5.41) is 8.96. The predicted molar refractivity (Wildman–Crippen MR) is 145 cm³/mol. The molecule has 0 amide bonds. The van der Waals surface area contributed by atoms with E-state index in [0.717, 1.165) is 0 Å². The fourth-order valence-electron chi connectivity index (χ4n) is 3.38. The highest BCUT2D eigenvalue weighted by molar-refractivity contribution is 7.92. The zero-order valence-electron chi connectivity index (χ0n) is 19.1. The molecular formula is C24H26N5O4P3+2. The number of nitrogens with one attached hydrogen (secondary N) is 4. The maximum absolute atomic E-state index is 8.96. The van der Waals surface area contributed by atoms with Gasteiger partial charge in [0.05, 0.1) is 0 Å². The summed E-state index contributed by atoms with van der Waals surface area (Å²) >= 11 is 0. The van der Waals surface area contributed by atoms with Gasteiger partial charge >= 0.3 is 16.0 Å². The molecule has 0 unspecified atom stereocenters. The molecule has 12 heteroatoms. The van der Waals surface area contributed by atoms with E-state index in [1.165, 1.54) is 0 Å². The summed E-state index contributed by atoms with van der Waals surface area (Å²) in [6.45, 7) is 0. The molecule has 0 atom stereocenters. The third-order valence-corrected chi connectivity index (χ3v) is 13.4. The van der Waals surface area contributed by atoms with E-state index in [4.69, 9.17) is 28.8 Å². The predicted octanol–water partition coefficient (Wildman–Crippen LogP) is 6.92. The van der Waals surface area contributed by atoms with Gasteiger partial charge in [-0.2, -0.15) is 0 Å². The van der Waals surface area contributed by atoms with Gasteiger partial charge in [-0.05, 0) is 58.2 Å². The topological polar surface area (TPSA) is 123 Å². The summed E-state index contributed by atoms with van der Waals surface area (Å²) in [5.74, 6) is 2.12. The van der Waals surface area contributed by atoms with Crippen molar-refractivity contribution < 1.29 is 18.1 Å². The van der Waals surface area contributed by atoms with Gasteiger partial charge in [0, 0.05) is 0 Å². The van der Waals surface area contributed by atoms with E-state index in [2.05, 4.69) is 14.6 Å². The zero-order valence-corrected chi connectivity index (χ0v) is 21.8. The SMILES string of the molecule is N=P1(N)N[P+](Oc2ccccc2)(Oc2ccccc2)N[P+](Oc2ccccc2)(Oc2ccccc2)N1. The number of benzene rings is 4. The van der Waals surface area contributed by atoms with E-state index < -0.39 is 23.5 Å². The summed E-state index contributed by atoms with van der Waals surface area (Å²) in [6.07, 6.45) is 0. The van der Waals surface area contributed by atoms with Crippen LogP contribution in [0.4, 0.5) is 0 Å². The molecule has 184 valence electrons. The molecule has 0 bridgehead atoms. The molecule has 4 aromatic rings. The summed E-state index contributed by atoms with van der Waals surface area (Å²) in [6, 6.07) is 36.8. The highest BCUT2D eigenvalue weighted by Crippen LogP contribution is 2.74.